The van der Waals surface area contributed by atoms with Gasteiger partial charge in [0.1, 0.15) is 22.8 Å². The van der Waals surface area contributed by atoms with Crippen LogP contribution in [0.2, 0.25) is 0 Å². The Bertz CT molecular complexity index is 1320. The largest absolute Gasteiger partial charge is 0.497 e. The maximum atomic E-state index is 13.3. The number of amides is 1. The lowest BCUT2D eigenvalue weighted by Crippen LogP contribution is -2.34. The summed E-state index contributed by atoms with van der Waals surface area (Å²) in [4.78, 5) is 30.4. The first-order chi connectivity index (χ1) is 15.5. The fourth-order valence-corrected chi connectivity index (χ4v) is 3.53. The molecule has 1 N–H and O–H groups in total. The SMILES string of the molecule is COc1cccc(CCNC(=O)c2cc3cccnc3n(Cc3ccc(F)cc3)c2=O)c1. The Kier molecular flexibility index (Phi) is 6.26. The lowest BCUT2D eigenvalue weighted by molar-refractivity contribution is 0.0952. The molecule has 4 rings (SSSR count). The van der Waals surface area contributed by atoms with Crippen LogP contribution in [0.4, 0.5) is 4.39 Å². The van der Waals surface area contributed by atoms with Crippen LogP contribution >= 0.6 is 0 Å². The average Bonchev–Trinajstić information content (AvgIpc) is 2.82. The van der Waals surface area contributed by atoms with Gasteiger partial charge in [0, 0.05) is 18.1 Å². The summed E-state index contributed by atoms with van der Waals surface area (Å²) in [7, 11) is 1.60. The first kappa shape index (κ1) is 21.2. The fourth-order valence-electron chi connectivity index (χ4n) is 3.53. The minimum atomic E-state index is -0.448. The maximum Gasteiger partial charge on any atom is 0.265 e. The van der Waals surface area contributed by atoms with Crippen LogP contribution in [0.25, 0.3) is 11.0 Å². The molecule has 0 aliphatic carbocycles. The van der Waals surface area contributed by atoms with Crippen LogP contribution in [0.15, 0.2) is 77.7 Å². The molecule has 0 saturated heterocycles. The molecule has 6 nitrogen and oxygen atoms in total. The highest BCUT2D eigenvalue weighted by Gasteiger charge is 2.16. The van der Waals surface area contributed by atoms with E-state index in [4.69, 9.17) is 4.74 Å². The van der Waals surface area contributed by atoms with Crippen molar-refractivity contribution in [3.05, 3.63) is 106 Å². The van der Waals surface area contributed by atoms with E-state index >= 15 is 0 Å². The Morgan fingerprint density at radius 3 is 2.66 bits per heavy atom. The number of pyridine rings is 2. The van der Waals surface area contributed by atoms with Crippen LogP contribution in [-0.4, -0.2) is 29.1 Å². The van der Waals surface area contributed by atoms with E-state index < -0.39 is 11.5 Å². The van der Waals surface area contributed by atoms with Crippen LogP contribution in [0.5, 0.6) is 5.75 Å². The van der Waals surface area contributed by atoms with Gasteiger partial charge >= 0.3 is 0 Å². The van der Waals surface area contributed by atoms with Crippen LogP contribution in [0.3, 0.4) is 0 Å². The second-order valence-electron chi connectivity index (χ2n) is 7.35. The lowest BCUT2D eigenvalue weighted by Gasteiger charge is -2.13. The molecule has 0 fully saturated rings. The van der Waals surface area contributed by atoms with Crippen molar-refractivity contribution in [1.82, 2.24) is 14.9 Å². The number of nitrogens with one attached hydrogen (secondary N) is 1. The molecule has 0 radical (unpaired) electrons. The first-order valence-corrected chi connectivity index (χ1v) is 10.2. The number of ether oxygens (including phenoxy) is 1. The molecule has 0 aliphatic heterocycles. The van der Waals surface area contributed by atoms with Crippen molar-refractivity contribution in [3.63, 3.8) is 0 Å². The number of halogens is 1. The number of nitrogens with zero attached hydrogens (tertiary/aromatic N) is 2. The molecule has 0 bridgehead atoms. The maximum absolute atomic E-state index is 13.3. The Morgan fingerprint density at radius 2 is 1.88 bits per heavy atom. The fraction of sp³-hybridized carbons (Fsp3) is 0.160. The summed E-state index contributed by atoms with van der Waals surface area (Å²) >= 11 is 0. The number of aromatic nitrogens is 2. The Morgan fingerprint density at radius 1 is 1.06 bits per heavy atom. The summed E-state index contributed by atoms with van der Waals surface area (Å²) in [6.45, 7) is 0.548. The van der Waals surface area contributed by atoms with Crippen LogP contribution < -0.4 is 15.6 Å². The number of benzene rings is 2. The number of carbonyl (C=O) groups excluding carboxylic acids is 1. The zero-order valence-electron chi connectivity index (χ0n) is 17.5. The number of fused-ring (bicyclic) bond motifs is 1. The third-order valence-electron chi connectivity index (χ3n) is 5.18. The van der Waals surface area contributed by atoms with Crippen molar-refractivity contribution in [3.8, 4) is 5.75 Å². The molecule has 1 amide bonds. The molecular weight excluding hydrogens is 409 g/mol. The molecule has 2 aromatic carbocycles. The average molecular weight is 431 g/mol. The topological polar surface area (TPSA) is 73.2 Å². The zero-order chi connectivity index (χ0) is 22.5. The van der Waals surface area contributed by atoms with Gasteiger partial charge in [0.2, 0.25) is 0 Å². The Labute approximate surface area is 184 Å². The van der Waals surface area contributed by atoms with Gasteiger partial charge in [-0.2, -0.15) is 0 Å². The second-order valence-corrected chi connectivity index (χ2v) is 7.35. The predicted molar refractivity (Wildman–Crippen MR) is 121 cm³/mol. The van der Waals surface area contributed by atoms with E-state index in [1.54, 1.807) is 43.6 Å². The highest BCUT2D eigenvalue weighted by molar-refractivity contribution is 5.96. The van der Waals surface area contributed by atoms with Crippen LogP contribution in [-0.2, 0) is 13.0 Å². The number of methoxy groups -OCH3 is 1. The summed E-state index contributed by atoms with van der Waals surface area (Å²) < 4.78 is 19.9. The molecule has 4 aromatic rings. The van der Waals surface area contributed by atoms with E-state index in [9.17, 15) is 14.0 Å². The number of hydrogen-bond acceptors (Lipinski definition) is 4. The third kappa shape index (κ3) is 4.67. The van der Waals surface area contributed by atoms with Crippen molar-refractivity contribution in [2.45, 2.75) is 13.0 Å². The third-order valence-corrected chi connectivity index (χ3v) is 5.18. The molecule has 0 saturated carbocycles. The van der Waals surface area contributed by atoms with E-state index in [2.05, 4.69) is 10.3 Å². The van der Waals surface area contributed by atoms with Gasteiger partial charge in [-0.25, -0.2) is 9.37 Å². The summed E-state index contributed by atoms with van der Waals surface area (Å²) in [5.74, 6) is -0.0516. The van der Waals surface area contributed by atoms with Gasteiger partial charge in [-0.05, 0) is 60.0 Å². The van der Waals surface area contributed by atoms with E-state index in [-0.39, 0.29) is 17.9 Å². The molecule has 2 heterocycles. The minimum absolute atomic E-state index is 0.0400. The van der Waals surface area contributed by atoms with Gasteiger partial charge in [-0.1, -0.05) is 24.3 Å². The smallest absolute Gasteiger partial charge is 0.265 e. The van der Waals surface area contributed by atoms with Crippen molar-refractivity contribution < 1.29 is 13.9 Å². The van der Waals surface area contributed by atoms with E-state index in [0.29, 0.717) is 24.0 Å². The number of hydrogen-bond donors (Lipinski definition) is 1. The summed E-state index contributed by atoms with van der Waals surface area (Å²) in [6, 6.07) is 18.6. The molecule has 7 heteroatoms. The highest BCUT2D eigenvalue weighted by Crippen LogP contribution is 2.14. The van der Waals surface area contributed by atoms with Crippen molar-refractivity contribution in [2.24, 2.45) is 0 Å². The molecule has 2 aromatic heterocycles. The molecule has 0 atom stereocenters. The van der Waals surface area contributed by atoms with E-state index in [1.807, 2.05) is 24.3 Å². The summed E-state index contributed by atoms with van der Waals surface area (Å²) in [5.41, 5.74) is 1.81. The van der Waals surface area contributed by atoms with Crippen molar-refractivity contribution in [2.75, 3.05) is 13.7 Å². The summed E-state index contributed by atoms with van der Waals surface area (Å²) in [6.07, 6.45) is 2.19. The Balaban J connectivity index is 1.59. The van der Waals surface area contributed by atoms with Crippen LogP contribution in [0.1, 0.15) is 21.5 Å². The lowest BCUT2D eigenvalue weighted by atomic mass is 10.1. The minimum Gasteiger partial charge on any atom is -0.497 e. The second kappa shape index (κ2) is 9.43. The van der Waals surface area contributed by atoms with Gasteiger partial charge in [-0.3, -0.25) is 14.2 Å². The zero-order valence-corrected chi connectivity index (χ0v) is 17.5. The molecule has 32 heavy (non-hydrogen) atoms. The van der Waals surface area contributed by atoms with Crippen molar-refractivity contribution >= 4 is 16.9 Å². The highest BCUT2D eigenvalue weighted by atomic mass is 19.1. The van der Waals surface area contributed by atoms with Gasteiger partial charge < -0.3 is 10.1 Å². The first-order valence-electron chi connectivity index (χ1n) is 10.2. The van der Waals surface area contributed by atoms with Crippen LogP contribution in [0, 0.1) is 5.82 Å². The standard InChI is InChI=1S/C25H22FN3O3/c1-32-21-6-2-4-17(14-21)11-13-28-24(30)22-15-19-5-3-12-27-23(19)29(25(22)31)16-18-7-9-20(26)10-8-18/h2-10,12,14-15H,11,13,16H2,1H3,(H,28,30). The molecule has 0 aliphatic rings. The van der Waals surface area contributed by atoms with Gasteiger partial charge in [-0.15, -0.1) is 0 Å². The molecule has 0 unspecified atom stereocenters. The van der Waals surface area contributed by atoms with Gasteiger partial charge in [0.05, 0.1) is 13.7 Å². The summed E-state index contributed by atoms with van der Waals surface area (Å²) in [5, 5.41) is 3.50. The van der Waals surface area contributed by atoms with E-state index in [1.165, 1.54) is 16.7 Å². The molecule has 162 valence electrons. The Hall–Kier alpha value is -4.00. The molecule has 0 spiro atoms. The van der Waals surface area contributed by atoms with Crippen molar-refractivity contribution in [1.29, 1.82) is 0 Å². The number of carbonyl (C=O) groups is 1. The molecular formula is C25H22FN3O3. The van der Waals surface area contributed by atoms with E-state index in [0.717, 1.165) is 16.9 Å². The monoisotopic (exact) mass is 431 g/mol. The normalized spacial score (nSPS) is 10.8. The van der Waals surface area contributed by atoms with Gasteiger partial charge in [0.25, 0.3) is 11.5 Å². The quantitative estimate of drug-likeness (QED) is 0.486. The number of rotatable bonds is 7. The van der Waals surface area contributed by atoms with Gasteiger partial charge in [0.15, 0.2) is 0 Å². The predicted octanol–water partition coefficient (Wildman–Crippen LogP) is 3.57.